The number of guanidine groups is 1. The quantitative estimate of drug-likeness (QED) is 0.412. The molecule has 0 heterocycles. The molecule has 0 aromatic heterocycles. The maximum atomic E-state index is 5.91. The monoisotopic (exact) mass is 453 g/mol. The van der Waals surface area contributed by atoms with Crippen molar-refractivity contribution in [1.82, 2.24) is 5.32 Å². The van der Waals surface area contributed by atoms with Crippen LogP contribution in [0, 0.1) is 0 Å². The molecule has 0 saturated carbocycles. The maximum Gasteiger partial charge on any atom is 0.189 e. The Balaban J connectivity index is 0.00000361. The summed E-state index contributed by atoms with van der Waals surface area (Å²) in [6.45, 7) is 11.2. The van der Waals surface area contributed by atoms with Crippen LogP contribution in [-0.2, 0) is 5.41 Å². The molecule has 3 nitrogen and oxygen atoms in total. The first-order chi connectivity index (χ1) is 8.62. The van der Waals surface area contributed by atoms with Gasteiger partial charge in [-0.2, -0.15) is 0 Å². The fraction of sp³-hybridized carbons (Fsp3) is 0.533. The molecule has 0 aliphatic heterocycles. The molecule has 0 saturated heterocycles. The van der Waals surface area contributed by atoms with Crippen LogP contribution in [0.4, 0.5) is 0 Å². The minimum atomic E-state index is -0.0652. The number of nitrogens with one attached hydrogen (secondary N) is 1. The summed E-state index contributed by atoms with van der Waals surface area (Å²) < 4.78 is 1.11. The average Bonchev–Trinajstić information content (AvgIpc) is 2.24. The van der Waals surface area contributed by atoms with E-state index in [1.54, 1.807) is 0 Å². The van der Waals surface area contributed by atoms with Gasteiger partial charge in [-0.3, -0.25) is 4.99 Å². The Hall–Kier alpha value is -0.300. The van der Waals surface area contributed by atoms with Crippen LogP contribution in [0.3, 0.4) is 0 Å². The second-order valence-corrected chi connectivity index (χ2v) is 7.29. The predicted octanol–water partition coefficient (Wildman–Crippen LogP) is 4.05. The zero-order valence-corrected chi connectivity index (χ0v) is 16.7. The van der Waals surface area contributed by atoms with Gasteiger partial charge in [0.1, 0.15) is 0 Å². The Morgan fingerprint density at radius 3 is 2.25 bits per heavy atom. The van der Waals surface area contributed by atoms with Gasteiger partial charge in [0.15, 0.2) is 5.96 Å². The lowest BCUT2D eigenvalue weighted by Crippen LogP contribution is -2.45. The lowest BCUT2D eigenvalue weighted by atomic mass is 9.85. The van der Waals surface area contributed by atoms with Crippen LogP contribution in [0.2, 0.25) is 0 Å². The standard InChI is InChI=1S/C15H24BrN3.HI/c1-14(2,3)19-13(17)18-10-15(4,5)11-8-6-7-9-12(11)16;/h6-9H,10H2,1-5H3,(H3,17,18,19);1H. The molecule has 0 spiro atoms. The van der Waals surface area contributed by atoms with Gasteiger partial charge in [0.25, 0.3) is 0 Å². The normalized spacial score (nSPS) is 12.8. The molecule has 3 N–H and O–H groups in total. The topological polar surface area (TPSA) is 50.4 Å². The number of halogens is 2. The van der Waals surface area contributed by atoms with Crippen LogP contribution in [0.1, 0.15) is 40.2 Å². The van der Waals surface area contributed by atoms with E-state index in [0.29, 0.717) is 12.5 Å². The van der Waals surface area contributed by atoms with E-state index in [1.807, 2.05) is 12.1 Å². The molecular weight excluding hydrogens is 429 g/mol. The van der Waals surface area contributed by atoms with Gasteiger partial charge >= 0.3 is 0 Å². The van der Waals surface area contributed by atoms with E-state index in [2.05, 4.69) is 73.0 Å². The Kier molecular flexibility index (Phi) is 7.52. The Bertz CT molecular complexity index is 464. The number of hydrogen-bond donors (Lipinski definition) is 2. The lowest BCUT2D eigenvalue weighted by Gasteiger charge is -2.26. The SMILES string of the molecule is CC(C)(C)NC(N)=NCC(C)(C)c1ccccc1Br.I. The third kappa shape index (κ3) is 6.43. The predicted molar refractivity (Wildman–Crippen MR) is 102 cm³/mol. The van der Waals surface area contributed by atoms with Gasteiger partial charge in [-0.05, 0) is 32.4 Å². The molecule has 0 atom stereocenters. The van der Waals surface area contributed by atoms with E-state index in [1.165, 1.54) is 5.56 Å². The molecule has 1 aromatic rings. The van der Waals surface area contributed by atoms with Crippen molar-refractivity contribution >= 4 is 45.9 Å². The second kappa shape index (κ2) is 7.64. The number of nitrogens with zero attached hydrogens (tertiary/aromatic N) is 1. The molecule has 5 heteroatoms. The molecular formula is C15H25BrIN3. The second-order valence-electron chi connectivity index (χ2n) is 6.44. The molecule has 114 valence electrons. The van der Waals surface area contributed by atoms with Crippen molar-refractivity contribution in [2.24, 2.45) is 10.7 Å². The van der Waals surface area contributed by atoms with Crippen molar-refractivity contribution in [2.45, 2.75) is 45.6 Å². The first-order valence-corrected chi connectivity index (χ1v) is 7.24. The van der Waals surface area contributed by atoms with Crippen molar-refractivity contribution in [3.63, 3.8) is 0 Å². The van der Waals surface area contributed by atoms with Crippen LogP contribution < -0.4 is 11.1 Å². The highest BCUT2D eigenvalue weighted by molar-refractivity contribution is 14.0. The summed E-state index contributed by atoms with van der Waals surface area (Å²) in [7, 11) is 0. The van der Waals surface area contributed by atoms with Crippen LogP contribution in [0.15, 0.2) is 33.7 Å². The fourth-order valence-corrected chi connectivity index (χ4v) is 2.62. The Labute approximate surface area is 148 Å². The number of nitrogens with two attached hydrogens (primary N) is 1. The Morgan fingerprint density at radius 1 is 1.20 bits per heavy atom. The summed E-state index contributed by atoms with van der Waals surface area (Å²) >= 11 is 3.59. The summed E-state index contributed by atoms with van der Waals surface area (Å²) in [6.07, 6.45) is 0. The van der Waals surface area contributed by atoms with E-state index < -0.39 is 0 Å². The minimum Gasteiger partial charge on any atom is -0.370 e. The largest absolute Gasteiger partial charge is 0.370 e. The summed E-state index contributed by atoms with van der Waals surface area (Å²) in [4.78, 5) is 4.46. The van der Waals surface area contributed by atoms with Crippen LogP contribution >= 0.6 is 39.9 Å². The summed E-state index contributed by atoms with van der Waals surface area (Å²) in [5, 5.41) is 3.17. The van der Waals surface area contributed by atoms with Gasteiger partial charge < -0.3 is 11.1 Å². The van der Waals surface area contributed by atoms with Crippen molar-refractivity contribution in [3.8, 4) is 0 Å². The zero-order chi connectivity index (χ0) is 14.7. The van der Waals surface area contributed by atoms with Crippen LogP contribution in [0.25, 0.3) is 0 Å². The van der Waals surface area contributed by atoms with Crippen molar-refractivity contribution in [2.75, 3.05) is 6.54 Å². The Morgan fingerprint density at radius 2 is 1.75 bits per heavy atom. The van der Waals surface area contributed by atoms with E-state index in [4.69, 9.17) is 5.73 Å². The number of benzene rings is 1. The lowest BCUT2D eigenvalue weighted by molar-refractivity contribution is 0.500. The molecule has 1 rings (SSSR count). The molecule has 0 amide bonds. The first-order valence-electron chi connectivity index (χ1n) is 6.45. The van der Waals surface area contributed by atoms with E-state index >= 15 is 0 Å². The molecule has 20 heavy (non-hydrogen) atoms. The van der Waals surface area contributed by atoms with E-state index in [0.717, 1.165) is 4.47 Å². The highest BCUT2D eigenvalue weighted by Gasteiger charge is 2.22. The number of aliphatic imine (C=N–C) groups is 1. The summed E-state index contributed by atoms with van der Waals surface area (Å²) in [5.74, 6) is 0.493. The van der Waals surface area contributed by atoms with Gasteiger partial charge in [0.2, 0.25) is 0 Å². The highest BCUT2D eigenvalue weighted by Crippen LogP contribution is 2.30. The van der Waals surface area contributed by atoms with E-state index in [9.17, 15) is 0 Å². The molecule has 0 aliphatic carbocycles. The minimum absolute atomic E-state index is 0. The highest BCUT2D eigenvalue weighted by atomic mass is 127. The third-order valence-electron chi connectivity index (χ3n) is 2.75. The van der Waals surface area contributed by atoms with Crippen molar-refractivity contribution in [1.29, 1.82) is 0 Å². The summed E-state index contributed by atoms with van der Waals surface area (Å²) in [6, 6.07) is 8.23. The molecule has 0 fully saturated rings. The molecule has 0 unspecified atom stereocenters. The number of hydrogen-bond acceptors (Lipinski definition) is 1. The maximum absolute atomic E-state index is 5.91. The zero-order valence-electron chi connectivity index (χ0n) is 12.8. The fourth-order valence-electron chi connectivity index (χ4n) is 1.80. The van der Waals surface area contributed by atoms with Crippen molar-refractivity contribution < 1.29 is 0 Å². The number of rotatable bonds is 3. The van der Waals surface area contributed by atoms with Gasteiger partial charge in [-0.15, -0.1) is 24.0 Å². The van der Waals surface area contributed by atoms with Gasteiger partial charge in [0, 0.05) is 15.4 Å². The van der Waals surface area contributed by atoms with Gasteiger partial charge in [-0.1, -0.05) is 48.0 Å². The summed E-state index contributed by atoms with van der Waals surface area (Å²) in [5.41, 5.74) is 7.02. The first kappa shape index (κ1) is 19.7. The van der Waals surface area contributed by atoms with Crippen molar-refractivity contribution in [3.05, 3.63) is 34.3 Å². The van der Waals surface area contributed by atoms with Crippen LogP contribution in [-0.4, -0.2) is 18.0 Å². The molecule has 0 bridgehead atoms. The molecule has 0 radical (unpaired) electrons. The van der Waals surface area contributed by atoms with Crippen LogP contribution in [0.5, 0.6) is 0 Å². The smallest absolute Gasteiger partial charge is 0.189 e. The average molecular weight is 454 g/mol. The van der Waals surface area contributed by atoms with Gasteiger partial charge in [0.05, 0.1) is 6.54 Å². The van der Waals surface area contributed by atoms with Gasteiger partial charge in [-0.25, -0.2) is 0 Å². The molecule has 1 aromatic carbocycles. The van der Waals surface area contributed by atoms with E-state index in [-0.39, 0.29) is 34.9 Å². The third-order valence-corrected chi connectivity index (χ3v) is 3.44. The molecule has 0 aliphatic rings.